The van der Waals surface area contributed by atoms with Crippen molar-refractivity contribution in [1.82, 2.24) is 0 Å². The van der Waals surface area contributed by atoms with Crippen molar-refractivity contribution in [2.45, 2.75) is 38.0 Å². The van der Waals surface area contributed by atoms with E-state index in [1.54, 1.807) is 0 Å². The van der Waals surface area contributed by atoms with Crippen LogP contribution in [0.15, 0.2) is 95.4 Å². The molecular formula is C34H27NOS. The molecule has 1 N–H and O–H groups in total. The van der Waals surface area contributed by atoms with E-state index in [0.29, 0.717) is 5.92 Å². The highest BCUT2D eigenvalue weighted by Gasteiger charge is 2.20. The first-order valence-corrected chi connectivity index (χ1v) is 14.2. The number of nitrogens with one attached hydrogen (secondary N) is 1. The van der Waals surface area contributed by atoms with E-state index in [2.05, 4.69) is 96.3 Å². The van der Waals surface area contributed by atoms with Gasteiger partial charge < -0.3 is 9.73 Å². The standard InChI is InChI=1S/C34H27NOS/c1-2-7-21(8-3-1)25-11-6-12-28-30-19-23(15-18-31(30)36-33(25)28)35-24-14-17-27-29-16-13-22-9-4-5-10-26(22)34(29)37-32(27)20-24/h4-6,9-21,35H,1-3,7-8H2. The smallest absolute Gasteiger partial charge is 0.138 e. The van der Waals surface area contributed by atoms with Gasteiger partial charge in [0.2, 0.25) is 0 Å². The first-order valence-electron chi connectivity index (χ1n) is 13.4. The van der Waals surface area contributed by atoms with E-state index in [4.69, 9.17) is 4.42 Å². The Morgan fingerprint density at radius 1 is 0.649 bits per heavy atom. The molecule has 8 rings (SSSR count). The molecule has 0 atom stereocenters. The van der Waals surface area contributed by atoms with Crippen molar-refractivity contribution in [2.24, 2.45) is 0 Å². The third-order valence-corrected chi connectivity index (χ3v) is 9.43. The molecule has 0 radical (unpaired) electrons. The van der Waals surface area contributed by atoms with Gasteiger partial charge in [0.05, 0.1) is 0 Å². The maximum Gasteiger partial charge on any atom is 0.138 e. The summed E-state index contributed by atoms with van der Waals surface area (Å²) in [4.78, 5) is 0. The van der Waals surface area contributed by atoms with Gasteiger partial charge in [-0.05, 0) is 65.4 Å². The minimum Gasteiger partial charge on any atom is -0.456 e. The van der Waals surface area contributed by atoms with Crippen LogP contribution in [-0.4, -0.2) is 0 Å². The molecule has 0 unspecified atom stereocenters. The van der Waals surface area contributed by atoms with E-state index < -0.39 is 0 Å². The highest BCUT2D eigenvalue weighted by Crippen LogP contribution is 2.42. The number of para-hydroxylation sites is 1. The van der Waals surface area contributed by atoms with E-state index in [0.717, 1.165) is 22.5 Å². The molecule has 2 heterocycles. The molecule has 0 spiro atoms. The summed E-state index contributed by atoms with van der Waals surface area (Å²) in [5, 5.41) is 11.4. The summed E-state index contributed by atoms with van der Waals surface area (Å²) in [7, 11) is 0. The van der Waals surface area contributed by atoms with Crippen LogP contribution in [0.4, 0.5) is 11.4 Å². The van der Waals surface area contributed by atoms with Crippen LogP contribution in [0.5, 0.6) is 0 Å². The molecule has 0 bridgehead atoms. The fraction of sp³-hybridized carbons (Fsp3) is 0.176. The van der Waals surface area contributed by atoms with Crippen molar-refractivity contribution in [3.05, 3.63) is 96.6 Å². The van der Waals surface area contributed by atoms with E-state index in [1.165, 1.54) is 79.4 Å². The van der Waals surface area contributed by atoms with Gasteiger partial charge in [0.15, 0.2) is 0 Å². The Balaban J connectivity index is 1.18. The first kappa shape index (κ1) is 21.3. The molecule has 1 saturated carbocycles. The monoisotopic (exact) mass is 497 g/mol. The van der Waals surface area contributed by atoms with E-state index >= 15 is 0 Å². The lowest BCUT2D eigenvalue weighted by Crippen LogP contribution is -2.04. The van der Waals surface area contributed by atoms with Gasteiger partial charge in [0.25, 0.3) is 0 Å². The molecule has 7 aromatic rings. The van der Waals surface area contributed by atoms with E-state index in [9.17, 15) is 0 Å². The number of rotatable bonds is 3. The Morgan fingerprint density at radius 2 is 1.46 bits per heavy atom. The van der Waals surface area contributed by atoms with Gasteiger partial charge in [-0.25, -0.2) is 0 Å². The quantitative estimate of drug-likeness (QED) is 0.263. The Kier molecular flexibility index (Phi) is 4.81. The maximum atomic E-state index is 6.44. The van der Waals surface area contributed by atoms with E-state index in [-0.39, 0.29) is 0 Å². The largest absolute Gasteiger partial charge is 0.456 e. The predicted octanol–water partition coefficient (Wildman–Crippen LogP) is 10.9. The third-order valence-electron chi connectivity index (χ3n) is 8.22. The maximum absolute atomic E-state index is 6.44. The van der Waals surface area contributed by atoms with Gasteiger partial charge in [-0.2, -0.15) is 0 Å². The van der Waals surface area contributed by atoms with Crippen molar-refractivity contribution in [3.8, 4) is 0 Å². The average molecular weight is 498 g/mol. The molecule has 2 nitrogen and oxygen atoms in total. The van der Waals surface area contributed by atoms with Crippen LogP contribution in [0.2, 0.25) is 0 Å². The molecule has 1 fully saturated rings. The average Bonchev–Trinajstić information content (AvgIpc) is 3.51. The van der Waals surface area contributed by atoms with Gasteiger partial charge in [-0.3, -0.25) is 0 Å². The number of hydrogen-bond donors (Lipinski definition) is 1. The predicted molar refractivity (Wildman–Crippen MR) is 160 cm³/mol. The number of hydrogen-bond acceptors (Lipinski definition) is 3. The summed E-state index contributed by atoms with van der Waals surface area (Å²) in [5.41, 5.74) is 5.64. The number of benzene rings is 5. The molecule has 0 amide bonds. The fourth-order valence-corrected chi connectivity index (χ4v) is 7.66. The molecule has 1 aliphatic rings. The van der Waals surface area contributed by atoms with Crippen molar-refractivity contribution >= 4 is 75.6 Å². The van der Waals surface area contributed by atoms with Crippen LogP contribution < -0.4 is 5.32 Å². The Hall–Kier alpha value is -3.82. The second kappa shape index (κ2) is 8.36. The zero-order valence-electron chi connectivity index (χ0n) is 20.6. The summed E-state index contributed by atoms with van der Waals surface area (Å²) >= 11 is 1.88. The molecule has 37 heavy (non-hydrogen) atoms. The van der Waals surface area contributed by atoms with E-state index in [1.807, 2.05) is 11.3 Å². The highest BCUT2D eigenvalue weighted by molar-refractivity contribution is 7.26. The second-order valence-corrected chi connectivity index (χ2v) is 11.5. The van der Waals surface area contributed by atoms with Crippen molar-refractivity contribution < 1.29 is 4.42 Å². The summed E-state index contributed by atoms with van der Waals surface area (Å²) < 4.78 is 9.12. The van der Waals surface area contributed by atoms with Gasteiger partial charge in [-0.15, -0.1) is 11.3 Å². The van der Waals surface area contributed by atoms with Crippen molar-refractivity contribution in [1.29, 1.82) is 0 Å². The van der Waals surface area contributed by atoms with Crippen LogP contribution in [0, 0.1) is 0 Å². The fourth-order valence-electron chi connectivity index (χ4n) is 6.38. The van der Waals surface area contributed by atoms with Crippen molar-refractivity contribution in [3.63, 3.8) is 0 Å². The Bertz CT molecular complexity index is 1950. The SMILES string of the molecule is c1ccc2c(c1)ccc1c3ccc(Nc4ccc5oc6c(C7CCCCC7)cccc6c5c4)cc3sc21. The molecule has 0 saturated heterocycles. The number of thiophene rings is 1. The minimum absolute atomic E-state index is 0.626. The van der Waals surface area contributed by atoms with Gasteiger partial charge in [0, 0.05) is 42.3 Å². The van der Waals surface area contributed by atoms with Gasteiger partial charge in [-0.1, -0.05) is 79.9 Å². The van der Waals surface area contributed by atoms with Crippen LogP contribution in [0.1, 0.15) is 43.6 Å². The minimum atomic E-state index is 0.626. The van der Waals surface area contributed by atoms with Crippen LogP contribution in [0.25, 0.3) is 52.9 Å². The van der Waals surface area contributed by atoms with Crippen LogP contribution in [-0.2, 0) is 0 Å². The molecule has 1 aliphatic carbocycles. The number of anilines is 2. The summed E-state index contributed by atoms with van der Waals surface area (Å²) in [6.07, 6.45) is 6.58. The number of furan rings is 1. The second-order valence-electron chi connectivity index (χ2n) is 10.5. The van der Waals surface area contributed by atoms with Crippen LogP contribution in [0.3, 0.4) is 0 Å². The summed E-state index contributed by atoms with van der Waals surface area (Å²) in [6, 6.07) is 33.1. The molecule has 5 aromatic carbocycles. The zero-order chi connectivity index (χ0) is 24.3. The summed E-state index contributed by atoms with van der Waals surface area (Å²) in [5.74, 6) is 0.626. The Morgan fingerprint density at radius 3 is 2.41 bits per heavy atom. The number of fused-ring (bicyclic) bond motifs is 8. The lowest BCUT2D eigenvalue weighted by atomic mass is 9.83. The molecule has 3 heteroatoms. The molecule has 2 aromatic heterocycles. The zero-order valence-corrected chi connectivity index (χ0v) is 21.4. The third kappa shape index (κ3) is 3.45. The lowest BCUT2D eigenvalue weighted by molar-refractivity contribution is 0.442. The lowest BCUT2D eigenvalue weighted by Gasteiger charge is -2.21. The molecular weight excluding hydrogens is 470 g/mol. The highest BCUT2D eigenvalue weighted by atomic mass is 32.1. The van der Waals surface area contributed by atoms with Crippen molar-refractivity contribution in [2.75, 3.05) is 5.32 Å². The topological polar surface area (TPSA) is 25.2 Å². The first-order chi connectivity index (χ1) is 18.3. The normalized spacial score (nSPS) is 14.9. The van der Waals surface area contributed by atoms with Gasteiger partial charge >= 0.3 is 0 Å². The Labute approximate surface area is 219 Å². The molecule has 0 aliphatic heterocycles. The summed E-state index contributed by atoms with van der Waals surface area (Å²) in [6.45, 7) is 0. The van der Waals surface area contributed by atoms with Crippen LogP contribution >= 0.6 is 11.3 Å². The molecule has 180 valence electrons. The van der Waals surface area contributed by atoms with Gasteiger partial charge in [0.1, 0.15) is 11.2 Å².